The van der Waals surface area contributed by atoms with Gasteiger partial charge in [-0.3, -0.25) is 4.79 Å². The molecule has 6 nitrogen and oxygen atoms in total. The quantitative estimate of drug-likeness (QED) is 0.851. The van der Waals surface area contributed by atoms with Crippen molar-refractivity contribution in [1.82, 2.24) is 4.72 Å². The highest BCUT2D eigenvalue weighted by Crippen LogP contribution is 2.34. The van der Waals surface area contributed by atoms with Crippen LogP contribution in [0.25, 0.3) is 0 Å². The Morgan fingerprint density at radius 2 is 1.92 bits per heavy atom. The van der Waals surface area contributed by atoms with Crippen LogP contribution in [0, 0.1) is 12.7 Å². The van der Waals surface area contributed by atoms with Crippen LogP contribution in [-0.2, 0) is 10.0 Å². The average molecular weight is 388 g/mol. The third-order valence-corrected chi connectivity index (χ3v) is 4.12. The SMILES string of the molecule is COc1c(C(=O)NS(C)(=O)=O)ccc(Oc2ccc(C)c(Cl)c2)c1F. The second-order valence-electron chi connectivity index (χ2n) is 5.17. The highest BCUT2D eigenvalue weighted by molar-refractivity contribution is 7.89. The topological polar surface area (TPSA) is 81.7 Å². The number of carbonyl (C=O) groups is 1. The van der Waals surface area contributed by atoms with E-state index < -0.39 is 27.5 Å². The highest BCUT2D eigenvalue weighted by atomic mass is 35.5. The summed E-state index contributed by atoms with van der Waals surface area (Å²) in [5.74, 6) is -2.29. The molecule has 2 aromatic rings. The molecule has 0 heterocycles. The van der Waals surface area contributed by atoms with Crippen molar-refractivity contribution in [1.29, 1.82) is 0 Å². The van der Waals surface area contributed by atoms with Gasteiger partial charge in [-0.15, -0.1) is 0 Å². The zero-order valence-electron chi connectivity index (χ0n) is 13.6. The van der Waals surface area contributed by atoms with Crippen molar-refractivity contribution in [3.63, 3.8) is 0 Å². The number of rotatable bonds is 5. The van der Waals surface area contributed by atoms with E-state index in [1.54, 1.807) is 16.9 Å². The summed E-state index contributed by atoms with van der Waals surface area (Å²) in [5.41, 5.74) is 0.555. The molecule has 0 unspecified atom stereocenters. The first-order chi connectivity index (χ1) is 11.6. The first-order valence-electron chi connectivity index (χ1n) is 6.95. The lowest BCUT2D eigenvalue weighted by Gasteiger charge is -2.13. The number of aryl methyl sites for hydroxylation is 1. The van der Waals surface area contributed by atoms with E-state index in [2.05, 4.69) is 0 Å². The largest absolute Gasteiger partial charge is 0.493 e. The molecule has 0 atom stereocenters. The number of carbonyl (C=O) groups excluding carboxylic acids is 1. The fourth-order valence-electron chi connectivity index (χ4n) is 1.98. The molecule has 134 valence electrons. The van der Waals surface area contributed by atoms with Crippen molar-refractivity contribution in [2.45, 2.75) is 6.92 Å². The molecule has 0 fully saturated rings. The van der Waals surface area contributed by atoms with Gasteiger partial charge >= 0.3 is 0 Å². The Bertz CT molecular complexity index is 930. The van der Waals surface area contributed by atoms with Crippen LogP contribution in [-0.4, -0.2) is 27.7 Å². The number of halogens is 2. The predicted molar refractivity (Wildman–Crippen MR) is 91.5 cm³/mol. The van der Waals surface area contributed by atoms with Crippen molar-refractivity contribution in [2.24, 2.45) is 0 Å². The Hall–Kier alpha value is -2.32. The molecule has 0 bridgehead atoms. The standard InChI is InChI=1S/C16H15ClFNO5S/c1-9-4-5-10(8-12(9)17)24-13-7-6-11(15(23-2)14(13)18)16(20)19-25(3,21)22/h4-8H,1-3H3,(H,19,20). The van der Waals surface area contributed by atoms with Gasteiger partial charge in [0, 0.05) is 5.02 Å². The summed E-state index contributed by atoms with van der Waals surface area (Å²) < 4.78 is 49.0. The number of hydrogen-bond acceptors (Lipinski definition) is 5. The molecular weight excluding hydrogens is 373 g/mol. The number of nitrogens with one attached hydrogen (secondary N) is 1. The van der Waals surface area contributed by atoms with Crippen LogP contribution < -0.4 is 14.2 Å². The van der Waals surface area contributed by atoms with E-state index in [1.807, 2.05) is 6.92 Å². The molecule has 25 heavy (non-hydrogen) atoms. The maximum atomic E-state index is 14.6. The molecule has 0 saturated carbocycles. The summed E-state index contributed by atoms with van der Waals surface area (Å²) >= 11 is 6.00. The van der Waals surface area contributed by atoms with Crippen LogP contribution in [0.15, 0.2) is 30.3 Å². The van der Waals surface area contributed by atoms with Gasteiger partial charge in [0.15, 0.2) is 11.5 Å². The molecule has 9 heteroatoms. The van der Waals surface area contributed by atoms with E-state index in [0.29, 0.717) is 10.8 Å². The van der Waals surface area contributed by atoms with Crippen LogP contribution in [0.5, 0.6) is 17.2 Å². The van der Waals surface area contributed by atoms with Gasteiger partial charge in [-0.25, -0.2) is 13.1 Å². The molecule has 1 amide bonds. The molecule has 0 aliphatic rings. The van der Waals surface area contributed by atoms with Crippen molar-refractivity contribution < 1.29 is 27.1 Å². The number of methoxy groups -OCH3 is 1. The van der Waals surface area contributed by atoms with Gasteiger partial charge in [0.2, 0.25) is 15.8 Å². The summed E-state index contributed by atoms with van der Waals surface area (Å²) in [6.45, 7) is 1.81. The zero-order chi connectivity index (χ0) is 18.8. The first-order valence-corrected chi connectivity index (χ1v) is 9.22. The molecular formula is C16H15ClFNO5S. The number of amides is 1. The van der Waals surface area contributed by atoms with E-state index in [9.17, 15) is 17.6 Å². The summed E-state index contributed by atoms with van der Waals surface area (Å²) in [5, 5.41) is 0.453. The summed E-state index contributed by atoms with van der Waals surface area (Å²) in [7, 11) is -2.65. The number of hydrogen-bond donors (Lipinski definition) is 1. The van der Waals surface area contributed by atoms with E-state index in [4.69, 9.17) is 21.1 Å². The van der Waals surface area contributed by atoms with Crippen molar-refractivity contribution in [3.05, 3.63) is 52.3 Å². The van der Waals surface area contributed by atoms with Crippen LogP contribution in [0.3, 0.4) is 0 Å². The minimum atomic E-state index is -3.80. The second kappa shape index (κ2) is 7.28. The van der Waals surface area contributed by atoms with E-state index in [-0.39, 0.29) is 11.3 Å². The van der Waals surface area contributed by atoms with E-state index >= 15 is 0 Å². The van der Waals surface area contributed by atoms with Crippen molar-refractivity contribution in [3.8, 4) is 17.2 Å². The molecule has 0 aromatic heterocycles. The van der Waals surface area contributed by atoms with Gasteiger partial charge in [0.05, 0.1) is 18.9 Å². The molecule has 2 aromatic carbocycles. The van der Waals surface area contributed by atoms with Gasteiger partial charge < -0.3 is 9.47 Å². The predicted octanol–water partition coefficient (Wildman–Crippen LogP) is 3.28. The molecule has 1 N–H and O–H groups in total. The van der Waals surface area contributed by atoms with Crippen LogP contribution in [0.2, 0.25) is 5.02 Å². The molecule has 0 aliphatic carbocycles. The third-order valence-electron chi connectivity index (χ3n) is 3.16. The summed E-state index contributed by atoms with van der Waals surface area (Å²) in [6, 6.07) is 7.24. The molecule has 0 saturated heterocycles. The maximum Gasteiger partial charge on any atom is 0.268 e. The van der Waals surface area contributed by atoms with Crippen molar-refractivity contribution >= 4 is 27.5 Å². The Kier molecular flexibility index (Phi) is 5.54. The molecule has 2 rings (SSSR count). The van der Waals surface area contributed by atoms with Crippen LogP contribution in [0.1, 0.15) is 15.9 Å². The zero-order valence-corrected chi connectivity index (χ0v) is 15.2. The van der Waals surface area contributed by atoms with E-state index in [0.717, 1.165) is 18.9 Å². The van der Waals surface area contributed by atoms with Gasteiger partial charge in [-0.2, -0.15) is 4.39 Å². The number of sulfonamides is 1. The molecule has 0 radical (unpaired) electrons. The Labute approximate surface area is 149 Å². The normalized spacial score (nSPS) is 11.1. The summed E-state index contributed by atoms with van der Waals surface area (Å²) in [6.07, 6.45) is 0.812. The lowest BCUT2D eigenvalue weighted by atomic mass is 10.1. The average Bonchev–Trinajstić information content (AvgIpc) is 2.51. The minimum absolute atomic E-state index is 0.201. The van der Waals surface area contributed by atoms with Gasteiger partial charge in [0.25, 0.3) is 5.91 Å². The number of ether oxygens (including phenoxy) is 2. The van der Waals surface area contributed by atoms with E-state index in [1.165, 1.54) is 18.2 Å². The van der Waals surface area contributed by atoms with Crippen LogP contribution >= 0.6 is 11.6 Å². The lowest BCUT2D eigenvalue weighted by molar-refractivity contribution is 0.0977. The monoisotopic (exact) mass is 387 g/mol. The van der Waals surface area contributed by atoms with Crippen molar-refractivity contribution in [2.75, 3.05) is 13.4 Å². The summed E-state index contributed by atoms with van der Waals surface area (Å²) in [4.78, 5) is 11.9. The second-order valence-corrected chi connectivity index (χ2v) is 7.33. The Balaban J connectivity index is 2.39. The fourth-order valence-corrected chi connectivity index (χ4v) is 2.60. The van der Waals surface area contributed by atoms with Gasteiger partial charge in [0.1, 0.15) is 5.75 Å². The van der Waals surface area contributed by atoms with Crippen LogP contribution in [0.4, 0.5) is 4.39 Å². The molecule has 0 aliphatic heterocycles. The highest BCUT2D eigenvalue weighted by Gasteiger charge is 2.22. The molecule has 0 spiro atoms. The Morgan fingerprint density at radius 3 is 2.48 bits per heavy atom. The number of benzene rings is 2. The fraction of sp³-hybridized carbons (Fsp3) is 0.188. The maximum absolute atomic E-state index is 14.6. The third kappa shape index (κ3) is 4.61. The first kappa shape index (κ1) is 19.0. The minimum Gasteiger partial charge on any atom is -0.493 e. The van der Waals surface area contributed by atoms with Gasteiger partial charge in [-0.1, -0.05) is 17.7 Å². The Morgan fingerprint density at radius 1 is 1.24 bits per heavy atom. The lowest BCUT2D eigenvalue weighted by Crippen LogP contribution is -2.29. The smallest absolute Gasteiger partial charge is 0.268 e. The van der Waals surface area contributed by atoms with Gasteiger partial charge in [-0.05, 0) is 36.8 Å².